The molecule has 2 nitrogen and oxygen atoms in total. The smallest absolute Gasteiger partial charge is 0.257 e. The second-order valence-electron chi connectivity index (χ2n) is 16.5. The molecule has 0 aromatic heterocycles. The van der Waals surface area contributed by atoms with Crippen molar-refractivity contribution in [2.45, 2.75) is 142 Å². The first-order valence-corrected chi connectivity index (χ1v) is 18.2. The molecule has 1 fully saturated rings. The maximum atomic E-state index is 7.49. The van der Waals surface area contributed by atoms with Gasteiger partial charge >= 0.3 is 0 Å². The number of rotatable bonds is 2. The highest BCUT2D eigenvalue weighted by molar-refractivity contribution is 7.69. The summed E-state index contributed by atoms with van der Waals surface area (Å²) in [6.07, 6.45) is 5.74. The van der Waals surface area contributed by atoms with Gasteiger partial charge in [-0.2, -0.15) is 0 Å². The van der Waals surface area contributed by atoms with Gasteiger partial charge in [0.2, 0.25) is 0 Å². The molecule has 1 spiro atoms. The van der Waals surface area contributed by atoms with Crippen LogP contribution in [0.15, 0.2) is 36.4 Å². The van der Waals surface area contributed by atoms with Crippen LogP contribution in [0.5, 0.6) is 11.5 Å². The van der Waals surface area contributed by atoms with Crippen molar-refractivity contribution < 1.29 is 9.47 Å². The lowest BCUT2D eigenvalue weighted by atomic mass is 9.68. The van der Waals surface area contributed by atoms with Crippen LogP contribution in [-0.2, 0) is 12.8 Å². The number of fused-ring (bicyclic) bond motifs is 2. The zero-order valence-corrected chi connectivity index (χ0v) is 29.2. The van der Waals surface area contributed by atoms with Crippen LogP contribution in [0.4, 0.5) is 0 Å². The van der Waals surface area contributed by atoms with Gasteiger partial charge < -0.3 is 9.47 Å². The summed E-state index contributed by atoms with van der Waals surface area (Å²) in [5.74, 6) is 2.51. The van der Waals surface area contributed by atoms with E-state index in [-0.39, 0.29) is 20.6 Å². The van der Waals surface area contributed by atoms with Crippen molar-refractivity contribution in [3.8, 4) is 11.5 Å². The quantitative estimate of drug-likeness (QED) is 0.329. The molecule has 0 radical (unpaired) electrons. The first kappa shape index (κ1) is 30.4. The van der Waals surface area contributed by atoms with E-state index in [1.807, 2.05) is 0 Å². The summed E-state index contributed by atoms with van der Waals surface area (Å²) in [6.45, 7) is 29.0. The van der Waals surface area contributed by atoms with Crippen molar-refractivity contribution >= 4 is 26.5 Å². The molecular weight excluding hydrogens is 526 g/mol. The average molecular weight is 581 g/mol. The van der Waals surface area contributed by atoms with Crippen molar-refractivity contribution in [2.24, 2.45) is 11.8 Å². The number of benzene rings is 2. The van der Waals surface area contributed by atoms with Gasteiger partial charge in [-0.05, 0) is 57.4 Å². The molecule has 0 N–H and O–H groups in total. The zero-order valence-electron chi connectivity index (χ0n) is 27.4. The molecule has 2 heterocycles. The standard InChI is InChI=1S/C36H54O2P2/c1-32(2,3)39(33(4,5)6)28-20-13-16-24-22-26-18-15-19-27-23-25-17-14-21-29(40(34(7,8)9)35(10,11)12)31(25)38-36(26,27)37-30(24)28/h13-14,16-17,20-21,26-27H,15,18-19,22-23H2,1-12H3/t26-,27-,36?/m0/s1. The van der Waals surface area contributed by atoms with E-state index in [0.717, 1.165) is 24.3 Å². The van der Waals surface area contributed by atoms with E-state index in [1.165, 1.54) is 41.0 Å². The fourth-order valence-electron chi connectivity index (χ4n) is 8.55. The van der Waals surface area contributed by atoms with E-state index in [9.17, 15) is 0 Å². The van der Waals surface area contributed by atoms with Crippen molar-refractivity contribution in [2.75, 3.05) is 0 Å². The summed E-state index contributed by atoms with van der Waals surface area (Å²) in [7, 11) is -0.965. The summed E-state index contributed by atoms with van der Waals surface area (Å²) in [5.41, 5.74) is 2.79. The Morgan fingerprint density at radius 2 is 0.925 bits per heavy atom. The summed E-state index contributed by atoms with van der Waals surface area (Å²) < 4.78 is 15.0. The third kappa shape index (κ3) is 5.28. The molecule has 40 heavy (non-hydrogen) atoms. The van der Waals surface area contributed by atoms with Crippen LogP contribution in [0.2, 0.25) is 0 Å². The van der Waals surface area contributed by atoms with E-state index < -0.39 is 21.6 Å². The van der Waals surface area contributed by atoms with Crippen LogP contribution in [0.1, 0.15) is 113 Å². The van der Waals surface area contributed by atoms with Crippen molar-refractivity contribution in [3.05, 3.63) is 47.5 Å². The molecule has 3 aliphatic rings. The summed E-state index contributed by atoms with van der Waals surface area (Å²) in [5, 5.41) is 3.56. The minimum Gasteiger partial charge on any atom is -0.451 e. The van der Waals surface area contributed by atoms with Gasteiger partial charge in [-0.1, -0.05) is 142 Å². The van der Waals surface area contributed by atoms with Gasteiger partial charge in [0.05, 0.1) is 0 Å². The highest BCUT2D eigenvalue weighted by Gasteiger charge is 2.58. The summed E-state index contributed by atoms with van der Waals surface area (Å²) >= 11 is 0. The lowest BCUT2D eigenvalue weighted by Gasteiger charge is -2.55. The Morgan fingerprint density at radius 3 is 1.25 bits per heavy atom. The number of para-hydroxylation sites is 2. The van der Waals surface area contributed by atoms with Gasteiger partial charge in [0.25, 0.3) is 5.79 Å². The molecule has 1 aliphatic carbocycles. The molecule has 2 aromatic rings. The molecule has 0 unspecified atom stereocenters. The maximum absolute atomic E-state index is 7.49. The van der Waals surface area contributed by atoms with Crippen LogP contribution < -0.4 is 20.1 Å². The van der Waals surface area contributed by atoms with E-state index in [2.05, 4.69) is 119 Å². The fourth-order valence-corrected chi connectivity index (χ4v) is 16.7. The van der Waals surface area contributed by atoms with Crippen LogP contribution in [0, 0.1) is 11.8 Å². The van der Waals surface area contributed by atoms with Gasteiger partial charge in [-0.25, -0.2) is 0 Å². The van der Waals surface area contributed by atoms with Crippen molar-refractivity contribution in [1.82, 2.24) is 0 Å². The van der Waals surface area contributed by atoms with E-state index in [4.69, 9.17) is 9.47 Å². The third-order valence-corrected chi connectivity index (χ3v) is 16.1. The van der Waals surface area contributed by atoms with E-state index >= 15 is 0 Å². The second kappa shape index (κ2) is 9.98. The molecule has 220 valence electrons. The van der Waals surface area contributed by atoms with Crippen LogP contribution in [0.3, 0.4) is 0 Å². The highest BCUT2D eigenvalue weighted by atomic mass is 31.1. The van der Waals surface area contributed by atoms with E-state index in [1.54, 1.807) is 0 Å². The van der Waals surface area contributed by atoms with Crippen LogP contribution in [-0.4, -0.2) is 26.4 Å². The predicted octanol–water partition coefficient (Wildman–Crippen LogP) is 9.78. The Kier molecular flexibility index (Phi) is 7.58. The average Bonchev–Trinajstić information content (AvgIpc) is 2.77. The third-order valence-electron chi connectivity index (χ3n) is 9.02. The molecule has 1 saturated carbocycles. The Hall–Kier alpha value is -1.10. The lowest BCUT2D eigenvalue weighted by Crippen LogP contribution is -2.62. The van der Waals surface area contributed by atoms with Gasteiger partial charge in [0.15, 0.2) is 0 Å². The highest BCUT2D eigenvalue weighted by Crippen LogP contribution is 2.63. The Bertz CT molecular complexity index is 1130. The number of hydrogen-bond donors (Lipinski definition) is 0. The lowest BCUT2D eigenvalue weighted by molar-refractivity contribution is -0.225. The predicted molar refractivity (Wildman–Crippen MR) is 177 cm³/mol. The van der Waals surface area contributed by atoms with Crippen molar-refractivity contribution in [1.29, 1.82) is 0 Å². The van der Waals surface area contributed by atoms with Gasteiger partial charge in [0.1, 0.15) is 11.5 Å². The SMILES string of the molecule is CC(C)(C)P(c1cccc2c1OC13Oc4c(cccc4P(C(C)(C)C)C(C)(C)C)C[C@@H]1CCC[C@H]3C2)C(C)(C)C. The normalized spacial score (nSPS) is 24.9. The maximum Gasteiger partial charge on any atom is 0.257 e. The number of hydrogen-bond acceptors (Lipinski definition) is 2. The Morgan fingerprint density at radius 1 is 0.575 bits per heavy atom. The molecule has 4 heteroatoms. The Balaban J connectivity index is 1.67. The first-order valence-electron chi connectivity index (χ1n) is 15.6. The second-order valence-corrected chi connectivity index (χ2v) is 24.2. The molecule has 2 atom stereocenters. The molecule has 5 rings (SSSR count). The largest absolute Gasteiger partial charge is 0.451 e. The molecule has 2 aromatic carbocycles. The molecule has 0 saturated heterocycles. The minimum atomic E-state index is -0.571. The monoisotopic (exact) mass is 580 g/mol. The van der Waals surface area contributed by atoms with Crippen LogP contribution in [0.25, 0.3) is 0 Å². The Labute approximate surface area is 247 Å². The fraction of sp³-hybridized carbons (Fsp3) is 0.667. The van der Waals surface area contributed by atoms with Gasteiger partial charge in [0, 0.05) is 22.4 Å². The number of ether oxygens (including phenoxy) is 2. The first-order chi connectivity index (χ1) is 18.3. The molecule has 0 bridgehead atoms. The van der Waals surface area contributed by atoms with Crippen LogP contribution >= 0.6 is 15.8 Å². The zero-order chi connectivity index (χ0) is 29.5. The minimum absolute atomic E-state index is 0.176. The van der Waals surface area contributed by atoms with Crippen molar-refractivity contribution in [3.63, 3.8) is 0 Å². The molecule has 2 aliphatic heterocycles. The topological polar surface area (TPSA) is 18.5 Å². The summed E-state index contributed by atoms with van der Waals surface area (Å²) in [4.78, 5) is 0. The van der Waals surface area contributed by atoms with Gasteiger partial charge in [-0.3, -0.25) is 0 Å². The van der Waals surface area contributed by atoms with E-state index in [0.29, 0.717) is 11.8 Å². The van der Waals surface area contributed by atoms with Gasteiger partial charge in [-0.15, -0.1) is 0 Å². The molecule has 0 amide bonds. The summed E-state index contributed by atoms with van der Waals surface area (Å²) in [6, 6.07) is 14.0. The molecular formula is C36H54O2P2.